The molecule has 0 saturated heterocycles. The molecule has 4 nitrogen and oxygen atoms in total. The van der Waals surface area contributed by atoms with Gasteiger partial charge in [0.15, 0.2) is 0 Å². The maximum Gasteiger partial charge on any atom is 0.405 e. The Kier molecular flexibility index (Phi) is 7.18. The highest BCUT2D eigenvalue weighted by Crippen LogP contribution is 2.12. The van der Waals surface area contributed by atoms with E-state index in [1.54, 1.807) is 5.32 Å². The molecule has 0 aromatic heterocycles. The molecule has 0 bridgehead atoms. The number of carbonyl (C=O) groups is 1. The van der Waals surface area contributed by atoms with E-state index in [1.807, 2.05) is 31.2 Å². The van der Waals surface area contributed by atoms with E-state index in [2.05, 4.69) is 5.32 Å². The Labute approximate surface area is 121 Å². The summed E-state index contributed by atoms with van der Waals surface area (Å²) >= 11 is 0. The van der Waals surface area contributed by atoms with Crippen molar-refractivity contribution in [2.24, 2.45) is 0 Å². The van der Waals surface area contributed by atoms with Gasteiger partial charge in [0.05, 0.1) is 13.2 Å². The van der Waals surface area contributed by atoms with Gasteiger partial charge in [0.1, 0.15) is 6.54 Å². The lowest BCUT2D eigenvalue weighted by atomic mass is 10.1. The maximum atomic E-state index is 11.9. The predicted molar refractivity (Wildman–Crippen MR) is 72.5 cm³/mol. The lowest BCUT2D eigenvalue weighted by molar-refractivity contribution is -0.137. The second-order valence-electron chi connectivity index (χ2n) is 4.40. The molecule has 0 aliphatic rings. The van der Waals surface area contributed by atoms with Crippen LogP contribution < -0.4 is 10.6 Å². The molecule has 1 amide bonds. The molecule has 7 heteroatoms. The lowest BCUT2D eigenvalue weighted by Crippen LogP contribution is -2.39. The molecular weight excluding hydrogens is 285 g/mol. The van der Waals surface area contributed by atoms with Crippen molar-refractivity contribution in [3.63, 3.8) is 0 Å². The van der Waals surface area contributed by atoms with Crippen LogP contribution >= 0.6 is 0 Å². The zero-order valence-electron chi connectivity index (χ0n) is 11.8. The number of ether oxygens (including phenoxy) is 1. The highest BCUT2D eigenvalue weighted by Gasteiger charge is 2.27. The summed E-state index contributed by atoms with van der Waals surface area (Å²) in [7, 11) is 0. The van der Waals surface area contributed by atoms with E-state index in [1.165, 1.54) is 0 Å². The average Bonchev–Trinajstić information content (AvgIpc) is 2.43. The van der Waals surface area contributed by atoms with Crippen molar-refractivity contribution in [2.45, 2.75) is 26.3 Å². The first-order chi connectivity index (χ1) is 9.92. The molecule has 1 aromatic rings. The summed E-state index contributed by atoms with van der Waals surface area (Å²) < 4.78 is 41.1. The third-order valence-corrected chi connectivity index (χ3v) is 2.67. The number of halogens is 3. The van der Waals surface area contributed by atoms with E-state index in [-0.39, 0.29) is 6.54 Å². The second kappa shape index (κ2) is 8.63. The minimum atomic E-state index is -4.39. The largest absolute Gasteiger partial charge is 0.405 e. The summed E-state index contributed by atoms with van der Waals surface area (Å²) in [5.74, 6) is -0.686. The van der Waals surface area contributed by atoms with Gasteiger partial charge in [0.2, 0.25) is 5.91 Å². The van der Waals surface area contributed by atoms with Crippen LogP contribution in [0.5, 0.6) is 0 Å². The molecule has 0 heterocycles. The summed E-state index contributed by atoms with van der Waals surface area (Å²) in [5.41, 5.74) is 1.94. The first-order valence-electron chi connectivity index (χ1n) is 6.61. The van der Waals surface area contributed by atoms with Crippen LogP contribution in [-0.2, 0) is 22.7 Å². The first kappa shape index (κ1) is 17.5. The van der Waals surface area contributed by atoms with Crippen LogP contribution in [0.1, 0.15) is 18.1 Å². The van der Waals surface area contributed by atoms with E-state index in [4.69, 9.17) is 4.74 Å². The Bertz CT molecular complexity index is 450. The molecule has 1 aromatic carbocycles. The highest BCUT2D eigenvalue weighted by molar-refractivity contribution is 5.78. The van der Waals surface area contributed by atoms with E-state index in [0.29, 0.717) is 19.8 Å². The van der Waals surface area contributed by atoms with Gasteiger partial charge in [-0.2, -0.15) is 13.2 Å². The molecule has 1 rings (SSSR count). The zero-order valence-corrected chi connectivity index (χ0v) is 11.8. The Morgan fingerprint density at radius 3 is 2.52 bits per heavy atom. The number of alkyl halides is 3. The van der Waals surface area contributed by atoms with Crippen LogP contribution in [0.4, 0.5) is 13.2 Å². The van der Waals surface area contributed by atoms with Gasteiger partial charge in [-0.25, -0.2) is 0 Å². The quantitative estimate of drug-likeness (QED) is 0.772. The fourth-order valence-corrected chi connectivity index (χ4v) is 1.65. The lowest BCUT2D eigenvalue weighted by Gasteiger charge is -2.11. The van der Waals surface area contributed by atoms with Gasteiger partial charge < -0.3 is 15.4 Å². The molecule has 118 valence electrons. The third-order valence-electron chi connectivity index (χ3n) is 2.67. The smallest absolute Gasteiger partial charge is 0.377 e. The molecule has 2 N–H and O–H groups in total. The Morgan fingerprint density at radius 2 is 1.90 bits per heavy atom. The van der Waals surface area contributed by atoms with E-state index in [9.17, 15) is 18.0 Å². The van der Waals surface area contributed by atoms with E-state index in [0.717, 1.165) is 11.1 Å². The van der Waals surface area contributed by atoms with Crippen molar-refractivity contribution >= 4 is 5.91 Å². The van der Waals surface area contributed by atoms with Crippen LogP contribution in [-0.4, -0.2) is 31.8 Å². The molecule has 0 saturated carbocycles. The van der Waals surface area contributed by atoms with Crippen molar-refractivity contribution < 1.29 is 22.7 Å². The summed E-state index contributed by atoms with van der Waals surface area (Å²) in [4.78, 5) is 11.2. The van der Waals surface area contributed by atoms with Crippen molar-refractivity contribution in [2.75, 3.05) is 19.7 Å². The van der Waals surface area contributed by atoms with Gasteiger partial charge in [-0.05, 0) is 18.1 Å². The van der Waals surface area contributed by atoms with Gasteiger partial charge in [0.25, 0.3) is 0 Å². The van der Waals surface area contributed by atoms with Gasteiger partial charge in [0, 0.05) is 13.2 Å². The number of nitrogens with one attached hydrogen (secondary N) is 2. The number of carbonyl (C=O) groups excluding carboxylic acids is 1. The first-order valence-corrected chi connectivity index (χ1v) is 6.61. The van der Waals surface area contributed by atoms with Crippen molar-refractivity contribution in [3.05, 3.63) is 35.4 Å². The SMILES string of the molecule is CCOCc1ccccc1CNCC(=O)NCC(F)(F)F. The summed E-state index contributed by atoms with van der Waals surface area (Å²) in [5, 5.41) is 4.63. The normalized spacial score (nSPS) is 11.4. The topological polar surface area (TPSA) is 50.4 Å². The van der Waals surface area contributed by atoms with Crippen molar-refractivity contribution in [1.29, 1.82) is 0 Å². The molecule has 21 heavy (non-hydrogen) atoms. The fourth-order valence-electron chi connectivity index (χ4n) is 1.65. The molecule has 0 aliphatic carbocycles. The number of amides is 1. The molecule has 0 radical (unpaired) electrons. The van der Waals surface area contributed by atoms with Crippen LogP contribution in [0.25, 0.3) is 0 Å². The van der Waals surface area contributed by atoms with Gasteiger partial charge in [-0.1, -0.05) is 24.3 Å². The minimum absolute atomic E-state index is 0.168. The van der Waals surface area contributed by atoms with Gasteiger partial charge in [-0.3, -0.25) is 4.79 Å². The maximum absolute atomic E-state index is 11.9. The number of hydrogen-bond donors (Lipinski definition) is 2. The van der Waals surface area contributed by atoms with Gasteiger partial charge in [-0.15, -0.1) is 0 Å². The standard InChI is InChI=1S/C14H19F3N2O2/c1-2-21-9-12-6-4-3-5-11(12)7-18-8-13(20)19-10-14(15,16)17/h3-6,18H,2,7-10H2,1H3,(H,19,20). The molecule has 0 aliphatic heterocycles. The molecular formula is C14H19F3N2O2. The Balaban J connectivity index is 2.36. The summed E-state index contributed by atoms with van der Waals surface area (Å²) in [6.07, 6.45) is -4.39. The monoisotopic (exact) mass is 304 g/mol. The number of hydrogen-bond acceptors (Lipinski definition) is 3. The molecule has 0 unspecified atom stereocenters. The third kappa shape index (κ3) is 7.67. The van der Waals surface area contributed by atoms with Crippen LogP contribution in [0.2, 0.25) is 0 Å². The highest BCUT2D eigenvalue weighted by atomic mass is 19.4. The van der Waals surface area contributed by atoms with Crippen LogP contribution in [0.15, 0.2) is 24.3 Å². The minimum Gasteiger partial charge on any atom is -0.377 e. The van der Waals surface area contributed by atoms with Crippen LogP contribution in [0, 0.1) is 0 Å². The molecule has 0 spiro atoms. The number of rotatable bonds is 8. The van der Waals surface area contributed by atoms with Crippen LogP contribution in [0.3, 0.4) is 0 Å². The summed E-state index contributed by atoms with van der Waals surface area (Å²) in [6, 6.07) is 7.54. The molecule has 0 atom stereocenters. The Hall–Kier alpha value is -1.60. The van der Waals surface area contributed by atoms with Gasteiger partial charge >= 0.3 is 6.18 Å². The second-order valence-corrected chi connectivity index (χ2v) is 4.40. The molecule has 0 fully saturated rings. The summed E-state index contributed by atoms with van der Waals surface area (Å²) in [6.45, 7) is 1.87. The fraction of sp³-hybridized carbons (Fsp3) is 0.500. The number of benzene rings is 1. The van der Waals surface area contributed by atoms with Crippen molar-refractivity contribution in [3.8, 4) is 0 Å². The zero-order chi connectivity index (χ0) is 15.7. The van der Waals surface area contributed by atoms with E-state index < -0.39 is 18.6 Å². The Morgan fingerprint density at radius 1 is 1.24 bits per heavy atom. The van der Waals surface area contributed by atoms with E-state index >= 15 is 0 Å². The van der Waals surface area contributed by atoms with Crippen molar-refractivity contribution in [1.82, 2.24) is 10.6 Å². The predicted octanol–water partition coefficient (Wildman–Crippen LogP) is 1.99. The average molecular weight is 304 g/mol.